The average Bonchev–Trinajstić information content (AvgIpc) is 2.91. The third kappa shape index (κ3) is 2.87. The molecule has 1 heterocycles. The molecule has 0 spiro atoms. The molecule has 2 atom stereocenters. The van der Waals surface area contributed by atoms with Gasteiger partial charge in [0.15, 0.2) is 0 Å². The minimum atomic E-state index is -0.905. The highest BCUT2D eigenvalue weighted by molar-refractivity contribution is 6.21. The van der Waals surface area contributed by atoms with Crippen LogP contribution < -0.4 is 4.90 Å². The van der Waals surface area contributed by atoms with Gasteiger partial charge < -0.3 is 4.79 Å². The minimum Gasteiger partial charge on any atom is -0.303 e. The fraction of sp³-hybridized carbons (Fsp3) is 0.250. The van der Waals surface area contributed by atoms with Crippen LogP contribution in [0, 0.1) is 11.3 Å². The van der Waals surface area contributed by atoms with Gasteiger partial charge in [-0.1, -0.05) is 55.5 Å². The molecule has 0 aliphatic carbocycles. The summed E-state index contributed by atoms with van der Waals surface area (Å²) in [6.07, 6.45) is 1.32. The lowest BCUT2D eigenvalue weighted by molar-refractivity contribution is -0.129. The van der Waals surface area contributed by atoms with E-state index in [-0.39, 0.29) is 18.2 Å². The van der Waals surface area contributed by atoms with Crippen LogP contribution in [0.1, 0.15) is 18.9 Å². The number of nitrogens with zero attached hydrogens (tertiary/aromatic N) is 1. The molecule has 1 fully saturated rings. The van der Waals surface area contributed by atoms with Gasteiger partial charge in [0.05, 0.1) is 11.6 Å². The molecule has 0 unspecified atom stereocenters. The first-order valence-electron chi connectivity index (χ1n) is 7.97. The summed E-state index contributed by atoms with van der Waals surface area (Å²) in [6.45, 7) is 1.76. The Morgan fingerprint density at radius 1 is 1.04 bits per heavy atom. The summed E-state index contributed by atoms with van der Waals surface area (Å²) in [4.78, 5) is 38.3. The molecular weight excluding hydrogens is 302 g/mol. The second-order valence-electron chi connectivity index (χ2n) is 6.45. The monoisotopic (exact) mass is 321 g/mol. The largest absolute Gasteiger partial charge is 0.303 e. The Morgan fingerprint density at radius 2 is 1.62 bits per heavy atom. The van der Waals surface area contributed by atoms with Gasteiger partial charge in [0.25, 0.3) is 0 Å². The van der Waals surface area contributed by atoms with Crippen LogP contribution in [0.3, 0.4) is 0 Å². The van der Waals surface area contributed by atoms with Gasteiger partial charge in [-0.2, -0.15) is 0 Å². The topological polar surface area (TPSA) is 54.5 Å². The van der Waals surface area contributed by atoms with E-state index < -0.39 is 11.3 Å². The maximum absolute atomic E-state index is 12.9. The van der Waals surface area contributed by atoms with Gasteiger partial charge in [-0.05, 0) is 24.1 Å². The van der Waals surface area contributed by atoms with Crippen molar-refractivity contribution in [2.45, 2.75) is 19.8 Å². The molecule has 24 heavy (non-hydrogen) atoms. The van der Waals surface area contributed by atoms with Crippen LogP contribution in [-0.4, -0.2) is 18.1 Å². The standard InChI is InChI=1S/C20H19NO3/c1-20(14-22,13-15-8-4-2-5-9-15)17-12-18(23)21(19(17)24)16-10-6-3-7-11-16/h2-11,14,17H,12-13H2,1H3/t17-,20+/m1/s1. The Kier molecular flexibility index (Phi) is 4.30. The number of amides is 2. The molecule has 0 saturated carbocycles. The molecule has 3 rings (SSSR count). The molecule has 0 N–H and O–H groups in total. The van der Waals surface area contributed by atoms with Crippen molar-refractivity contribution in [3.63, 3.8) is 0 Å². The number of carbonyl (C=O) groups excluding carboxylic acids is 3. The van der Waals surface area contributed by atoms with Crippen molar-refractivity contribution in [3.8, 4) is 0 Å². The molecule has 0 bridgehead atoms. The average molecular weight is 321 g/mol. The Balaban J connectivity index is 1.89. The van der Waals surface area contributed by atoms with Crippen LogP contribution in [0.25, 0.3) is 0 Å². The molecule has 1 aliphatic rings. The summed E-state index contributed by atoms with van der Waals surface area (Å²) in [5.41, 5.74) is 0.630. The molecule has 1 aliphatic heterocycles. The zero-order chi connectivity index (χ0) is 17.2. The number of benzene rings is 2. The van der Waals surface area contributed by atoms with Crippen LogP contribution in [0.5, 0.6) is 0 Å². The van der Waals surface area contributed by atoms with E-state index in [4.69, 9.17) is 0 Å². The lowest BCUT2D eigenvalue weighted by atomic mass is 9.73. The maximum atomic E-state index is 12.9. The zero-order valence-corrected chi connectivity index (χ0v) is 13.5. The van der Waals surface area contributed by atoms with E-state index in [1.54, 1.807) is 31.2 Å². The lowest BCUT2D eigenvalue weighted by Gasteiger charge is -2.28. The highest BCUT2D eigenvalue weighted by atomic mass is 16.2. The molecule has 1 saturated heterocycles. The summed E-state index contributed by atoms with van der Waals surface area (Å²) in [7, 11) is 0. The van der Waals surface area contributed by atoms with Crippen LogP contribution in [0.4, 0.5) is 5.69 Å². The van der Waals surface area contributed by atoms with Crippen molar-refractivity contribution in [2.24, 2.45) is 11.3 Å². The van der Waals surface area contributed by atoms with Gasteiger partial charge in [-0.25, -0.2) is 0 Å². The van der Waals surface area contributed by atoms with Gasteiger partial charge >= 0.3 is 0 Å². The van der Waals surface area contributed by atoms with Crippen molar-refractivity contribution < 1.29 is 14.4 Å². The third-order valence-electron chi connectivity index (χ3n) is 4.65. The predicted molar refractivity (Wildman–Crippen MR) is 91.4 cm³/mol. The third-order valence-corrected chi connectivity index (χ3v) is 4.65. The Hall–Kier alpha value is -2.75. The molecule has 2 aromatic rings. The Bertz CT molecular complexity index is 757. The maximum Gasteiger partial charge on any atom is 0.238 e. The van der Waals surface area contributed by atoms with Gasteiger partial charge in [-0.15, -0.1) is 0 Å². The summed E-state index contributed by atoms with van der Waals surface area (Å²) < 4.78 is 0. The van der Waals surface area contributed by atoms with Crippen molar-refractivity contribution in [3.05, 3.63) is 66.2 Å². The smallest absolute Gasteiger partial charge is 0.238 e. The van der Waals surface area contributed by atoms with Gasteiger partial charge in [0, 0.05) is 11.8 Å². The molecule has 2 aromatic carbocycles. The number of hydrogen-bond acceptors (Lipinski definition) is 3. The predicted octanol–water partition coefficient (Wildman–Crippen LogP) is 3.01. The number of para-hydroxylation sites is 1. The molecule has 4 nitrogen and oxygen atoms in total. The summed E-state index contributed by atoms with van der Waals surface area (Å²) >= 11 is 0. The number of carbonyl (C=O) groups is 3. The normalized spacial score (nSPS) is 20.0. The highest BCUT2D eigenvalue weighted by Crippen LogP contribution is 2.39. The van der Waals surface area contributed by atoms with Crippen molar-refractivity contribution in [1.29, 1.82) is 0 Å². The number of aldehydes is 1. The fourth-order valence-electron chi connectivity index (χ4n) is 3.28. The summed E-state index contributed by atoms with van der Waals surface area (Å²) in [5.74, 6) is -1.18. The first-order valence-corrected chi connectivity index (χ1v) is 7.97. The Labute approximate surface area is 141 Å². The van der Waals surface area contributed by atoms with Crippen LogP contribution in [0.2, 0.25) is 0 Å². The summed E-state index contributed by atoms with van der Waals surface area (Å²) in [6, 6.07) is 18.4. The minimum absolute atomic E-state index is 0.0653. The van der Waals surface area contributed by atoms with E-state index >= 15 is 0 Å². The van der Waals surface area contributed by atoms with Crippen molar-refractivity contribution >= 4 is 23.8 Å². The number of rotatable bonds is 5. The van der Waals surface area contributed by atoms with E-state index in [2.05, 4.69) is 0 Å². The number of anilines is 1. The van der Waals surface area contributed by atoms with E-state index in [0.29, 0.717) is 12.1 Å². The van der Waals surface area contributed by atoms with Crippen molar-refractivity contribution in [1.82, 2.24) is 0 Å². The molecule has 0 aromatic heterocycles. The molecule has 4 heteroatoms. The van der Waals surface area contributed by atoms with Crippen LogP contribution in [-0.2, 0) is 20.8 Å². The quantitative estimate of drug-likeness (QED) is 0.628. The first kappa shape index (κ1) is 16.1. The second-order valence-corrected chi connectivity index (χ2v) is 6.45. The SMILES string of the molecule is C[C@@](C=O)(Cc1ccccc1)[C@@H]1CC(=O)N(c2ccccc2)C1=O. The molecule has 122 valence electrons. The lowest BCUT2D eigenvalue weighted by Crippen LogP contribution is -2.38. The van der Waals surface area contributed by atoms with Crippen LogP contribution in [0.15, 0.2) is 60.7 Å². The second kappa shape index (κ2) is 6.40. The Morgan fingerprint density at radius 3 is 2.21 bits per heavy atom. The summed E-state index contributed by atoms with van der Waals surface area (Å²) in [5, 5.41) is 0. The molecule has 2 amide bonds. The highest BCUT2D eigenvalue weighted by Gasteiger charge is 2.49. The zero-order valence-electron chi connectivity index (χ0n) is 13.5. The number of hydrogen-bond donors (Lipinski definition) is 0. The first-order chi connectivity index (χ1) is 11.5. The van der Waals surface area contributed by atoms with E-state index in [1.165, 1.54) is 4.90 Å². The van der Waals surface area contributed by atoms with E-state index in [0.717, 1.165) is 11.8 Å². The van der Waals surface area contributed by atoms with Crippen molar-refractivity contribution in [2.75, 3.05) is 4.90 Å². The number of imide groups is 1. The van der Waals surface area contributed by atoms with Crippen LogP contribution >= 0.6 is 0 Å². The van der Waals surface area contributed by atoms with E-state index in [1.807, 2.05) is 36.4 Å². The van der Waals surface area contributed by atoms with Gasteiger partial charge in [0.2, 0.25) is 11.8 Å². The molecule has 0 radical (unpaired) electrons. The van der Waals surface area contributed by atoms with Gasteiger partial charge in [-0.3, -0.25) is 14.5 Å². The molecular formula is C20H19NO3. The van der Waals surface area contributed by atoms with Gasteiger partial charge in [0.1, 0.15) is 6.29 Å². The fourth-order valence-corrected chi connectivity index (χ4v) is 3.28. The van der Waals surface area contributed by atoms with E-state index in [9.17, 15) is 14.4 Å².